The van der Waals surface area contributed by atoms with Gasteiger partial charge < -0.3 is 20.5 Å². The zero-order valence-electron chi connectivity index (χ0n) is 23.0. The Morgan fingerprint density at radius 1 is 1.25 bits per heavy atom. The fraction of sp³-hybridized carbons (Fsp3) is 0.759. The predicted molar refractivity (Wildman–Crippen MR) is 141 cm³/mol. The summed E-state index contributed by atoms with van der Waals surface area (Å²) in [5.74, 6) is 2.82. The van der Waals surface area contributed by atoms with Crippen molar-refractivity contribution in [2.75, 3.05) is 26.7 Å². The van der Waals surface area contributed by atoms with Gasteiger partial charge in [-0.25, -0.2) is 0 Å². The number of methoxy groups -OCH3 is 1. The minimum absolute atomic E-state index is 0.0717. The molecule has 1 amide bonds. The lowest BCUT2D eigenvalue weighted by molar-refractivity contribution is -0.175. The Labute approximate surface area is 217 Å². The van der Waals surface area contributed by atoms with Crippen LogP contribution in [-0.4, -0.2) is 61.1 Å². The summed E-state index contributed by atoms with van der Waals surface area (Å²) in [4.78, 5) is 20.1. The lowest BCUT2D eigenvalue weighted by atomic mass is 9.52. The van der Waals surface area contributed by atoms with E-state index in [4.69, 9.17) is 9.57 Å². The molecule has 1 aromatic rings. The van der Waals surface area contributed by atoms with Gasteiger partial charge in [0.05, 0.1) is 25.9 Å². The van der Waals surface area contributed by atoms with E-state index in [1.165, 1.54) is 19.3 Å². The Hall–Kier alpha value is -1.67. The first-order chi connectivity index (χ1) is 17.1. The topological polar surface area (TPSA) is 83.1 Å². The molecule has 7 atom stereocenters. The van der Waals surface area contributed by atoms with Crippen molar-refractivity contribution in [3.05, 3.63) is 29.8 Å². The standard InChI is InChI=1S/C29H47N3O4/c1-18(23-13-19(2)29(23,4)5)14-31-28(34)27-26(20(3)33)25(16-30-15-21-11-12-21)36-32(27)17-22-9-7-8-10-24(22)35-6/h7-10,18-21,23,25-27,30,33H,11-17H2,1-6H3,(H,31,34)/t18-,19-,20+,23-,25+,26-,27+/m1/s1. The van der Waals surface area contributed by atoms with Crippen molar-refractivity contribution < 1.29 is 19.5 Å². The first-order valence-electron chi connectivity index (χ1n) is 13.8. The summed E-state index contributed by atoms with van der Waals surface area (Å²) in [6, 6.07) is 7.24. The number of rotatable bonds is 12. The molecule has 1 aromatic carbocycles. The second-order valence-electron chi connectivity index (χ2n) is 12.2. The van der Waals surface area contributed by atoms with Crippen LogP contribution in [0.5, 0.6) is 5.75 Å². The molecular formula is C29H47N3O4. The molecule has 3 fully saturated rings. The van der Waals surface area contributed by atoms with Gasteiger partial charge in [-0.2, -0.15) is 5.06 Å². The van der Waals surface area contributed by atoms with E-state index in [1.807, 2.05) is 24.3 Å². The molecule has 3 aliphatic rings. The number of aliphatic hydroxyl groups excluding tert-OH is 1. The van der Waals surface area contributed by atoms with E-state index in [-0.39, 0.29) is 17.9 Å². The second-order valence-corrected chi connectivity index (χ2v) is 12.2. The number of carbonyl (C=O) groups excluding carboxylic acids is 1. The van der Waals surface area contributed by atoms with Crippen molar-refractivity contribution in [2.24, 2.45) is 35.0 Å². The van der Waals surface area contributed by atoms with Gasteiger partial charge in [0, 0.05) is 24.6 Å². The van der Waals surface area contributed by atoms with Gasteiger partial charge in [-0.05, 0) is 67.9 Å². The van der Waals surface area contributed by atoms with Crippen LogP contribution in [0.4, 0.5) is 0 Å². The molecular weight excluding hydrogens is 454 g/mol. The van der Waals surface area contributed by atoms with Gasteiger partial charge >= 0.3 is 0 Å². The Bertz CT molecular complexity index is 887. The first-order valence-corrected chi connectivity index (χ1v) is 13.8. The van der Waals surface area contributed by atoms with Gasteiger partial charge in [-0.3, -0.25) is 9.63 Å². The number of para-hydroxylation sites is 1. The van der Waals surface area contributed by atoms with Crippen LogP contribution in [0.15, 0.2) is 24.3 Å². The Kier molecular flexibility index (Phi) is 8.65. The van der Waals surface area contributed by atoms with E-state index in [0.717, 1.165) is 23.8 Å². The van der Waals surface area contributed by atoms with Crippen molar-refractivity contribution in [3.63, 3.8) is 0 Å². The molecule has 7 heteroatoms. The van der Waals surface area contributed by atoms with E-state index in [2.05, 4.69) is 38.3 Å². The number of hydrogen-bond donors (Lipinski definition) is 3. The summed E-state index contributed by atoms with van der Waals surface area (Å²) < 4.78 is 5.56. The molecule has 36 heavy (non-hydrogen) atoms. The molecule has 0 unspecified atom stereocenters. The largest absolute Gasteiger partial charge is 0.496 e. The third-order valence-corrected chi connectivity index (χ3v) is 9.31. The van der Waals surface area contributed by atoms with Gasteiger partial charge in [-0.15, -0.1) is 0 Å². The molecule has 0 bridgehead atoms. The average Bonchev–Trinajstić information content (AvgIpc) is 3.60. The molecule has 3 N–H and O–H groups in total. The smallest absolute Gasteiger partial charge is 0.240 e. The predicted octanol–water partition coefficient (Wildman–Crippen LogP) is 3.61. The minimum Gasteiger partial charge on any atom is -0.496 e. The fourth-order valence-corrected chi connectivity index (χ4v) is 6.31. The van der Waals surface area contributed by atoms with Crippen LogP contribution in [-0.2, 0) is 16.2 Å². The molecule has 0 spiro atoms. The summed E-state index contributed by atoms with van der Waals surface area (Å²) in [6.45, 7) is 13.6. The minimum atomic E-state index is -0.681. The number of nitrogens with one attached hydrogen (secondary N) is 2. The van der Waals surface area contributed by atoms with E-state index in [0.29, 0.717) is 42.8 Å². The highest BCUT2D eigenvalue weighted by Crippen LogP contribution is 2.54. The fourth-order valence-electron chi connectivity index (χ4n) is 6.31. The van der Waals surface area contributed by atoms with Gasteiger partial charge in [-0.1, -0.05) is 45.9 Å². The van der Waals surface area contributed by atoms with Gasteiger partial charge in [0.15, 0.2) is 0 Å². The van der Waals surface area contributed by atoms with E-state index >= 15 is 0 Å². The first kappa shape index (κ1) is 27.4. The van der Waals surface area contributed by atoms with Gasteiger partial charge in [0.1, 0.15) is 11.8 Å². The van der Waals surface area contributed by atoms with Crippen LogP contribution < -0.4 is 15.4 Å². The van der Waals surface area contributed by atoms with Gasteiger partial charge in [0.2, 0.25) is 5.91 Å². The maximum absolute atomic E-state index is 13.7. The Balaban J connectivity index is 1.48. The molecule has 0 radical (unpaired) electrons. The maximum Gasteiger partial charge on any atom is 0.240 e. The molecule has 1 heterocycles. The summed E-state index contributed by atoms with van der Waals surface area (Å²) >= 11 is 0. The third kappa shape index (κ3) is 5.90. The number of nitrogens with zero attached hydrogens (tertiary/aromatic N) is 1. The van der Waals surface area contributed by atoms with Crippen LogP contribution in [0.2, 0.25) is 0 Å². The summed E-state index contributed by atoms with van der Waals surface area (Å²) in [5, 5.41) is 19.3. The SMILES string of the molecule is COc1ccccc1CN1O[C@@H](CNCC2CC2)[C@@H]([C@H](C)O)[C@H]1C(=O)NC[C@@H](C)[C@H]1C[C@@H](C)C1(C)C. The average molecular weight is 502 g/mol. The highest BCUT2D eigenvalue weighted by atomic mass is 16.7. The number of benzene rings is 1. The van der Waals surface area contributed by atoms with Crippen LogP contribution >= 0.6 is 0 Å². The van der Waals surface area contributed by atoms with Crippen LogP contribution in [0.3, 0.4) is 0 Å². The van der Waals surface area contributed by atoms with Crippen LogP contribution in [0.25, 0.3) is 0 Å². The van der Waals surface area contributed by atoms with E-state index < -0.39 is 12.1 Å². The lowest BCUT2D eigenvalue weighted by Crippen LogP contribution is -2.52. The van der Waals surface area contributed by atoms with Crippen molar-refractivity contribution in [1.29, 1.82) is 0 Å². The maximum atomic E-state index is 13.7. The monoisotopic (exact) mass is 501 g/mol. The van der Waals surface area contributed by atoms with Crippen LogP contribution in [0.1, 0.15) is 59.4 Å². The van der Waals surface area contributed by atoms with E-state index in [9.17, 15) is 9.90 Å². The Morgan fingerprint density at radius 2 is 1.97 bits per heavy atom. The molecule has 1 saturated heterocycles. The zero-order valence-corrected chi connectivity index (χ0v) is 23.0. The summed E-state index contributed by atoms with van der Waals surface area (Å²) in [5.41, 5.74) is 1.25. The number of ether oxygens (including phenoxy) is 1. The van der Waals surface area contributed by atoms with Crippen molar-refractivity contribution in [1.82, 2.24) is 15.7 Å². The van der Waals surface area contributed by atoms with Crippen molar-refractivity contribution >= 4 is 5.91 Å². The molecule has 0 aromatic heterocycles. The van der Waals surface area contributed by atoms with Crippen LogP contribution in [0, 0.1) is 35.0 Å². The molecule has 7 nitrogen and oxygen atoms in total. The number of aliphatic hydroxyl groups is 1. The lowest BCUT2D eigenvalue weighted by Gasteiger charge is -2.53. The van der Waals surface area contributed by atoms with Crippen molar-refractivity contribution in [2.45, 2.75) is 78.7 Å². The third-order valence-electron chi connectivity index (χ3n) is 9.31. The van der Waals surface area contributed by atoms with Gasteiger partial charge in [0.25, 0.3) is 0 Å². The molecule has 1 aliphatic heterocycles. The number of hydrogen-bond acceptors (Lipinski definition) is 6. The highest BCUT2D eigenvalue weighted by molar-refractivity contribution is 5.82. The zero-order chi connectivity index (χ0) is 26.0. The second kappa shape index (κ2) is 11.4. The summed E-state index contributed by atoms with van der Waals surface area (Å²) in [7, 11) is 1.65. The molecule has 2 saturated carbocycles. The van der Waals surface area contributed by atoms with Crippen molar-refractivity contribution in [3.8, 4) is 5.75 Å². The molecule has 4 rings (SSSR count). The summed E-state index contributed by atoms with van der Waals surface area (Å²) in [6.07, 6.45) is 2.80. The Morgan fingerprint density at radius 3 is 2.58 bits per heavy atom. The highest BCUT2D eigenvalue weighted by Gasteiger charge is 2.50. The normalized spacial score (nSPS) is 31.5. The number of amides is 1. The quantitative estimate of drug-likeness (QED) is 0.406. The molecule has 2 aliphatic carbocycles. The number of hydroxylamine groups is 2. The molecule has 202 valence electrons. The van der Waals surface area contributed by atoms with E-state index in [1.54, 1.807) is 19.1 Å². The number of carbonyl (C=O) groups is 1.